The van der Waals surface area contributed by atoms with Crippen molar-refractivity contribution < 1.29 is 5.11 Å². The van der Waals surface area contributed by atoms with Crippen molar-refractivity contribution in [1.82, 2.24) is 19.7 Å². The van der Waals surface area contributed by atoms with Crippen molar-refractivity contribution in [1.29, 1.82) is 5.26 Å². The van der Waals surface area contributed by atoms with E-state index in [0.29, 0.717) is 11.7 Å². The number of hydrogen-bond acceptors (Lipinski definition) is 8. The zero-order valence-corrected chi connectivity index (χ0v) is 17.7. The normalized spacial score (nSPS) is 12.4. The van der Waals surface area contributed by atoms with Gasteiger partial charge in [-0.15, -0.1) is 10.2 Å². The molecule has 0 saturated heterocycles. The number of aromatic nitrogens is 4. The summed E-state index contributed by atoms with van der Waals surface area (Å²) in [7, 11) is 1.84. The molecule has 9 heteroatoms. The number of aryl methyl sites for hydroxylation is 1. The van der Waals surface area contributed by atoms with E-state index < -0.39 is 0 Å². The molecule has 2 heterocycles. The second kappa shape index (κ2) is 8.78. The molecule has 0 fully saturated rings. The maximum Gasteiger partial charge on any atom is 0.175 e. The van der Waals surface area contributed by atoms with Crippen molar-refractivity contribution in [2.24, 2.45) is 13.0 Å². The van der Waals surface area contributed by atoms with Crippen LogP contribution in [-0.4, -0.2) is 36.4 Å². The molecule has 0 atom stereocenters. The first-order chi connectivity index (χ1) is 13.0. The molecule has 0 aliphatic rings. The summed E-state index contributed by atoms with van der Waals surface area (Å²) < 4.78 is 3.51. The topological polar surface area (TPSA) is 87.6 Å². The van der Waals surface area contributed by atoms with E-state index in [1.165, 1.54) is 23.1 Å². The average molecular weight is 418 g/mol. The molecule has 0 bridgehead atoms. The Balaban J connectivity index is 1.76. The summed E-state index contributed by atoms with van der Waals surface area (Å²) in [4.78, 5) is 4.49. The highest BCUT2D eigenvalue weighted by molar-refractivity contribution is 8.03. The molecular formula is C18H19N5OS3. The quantitative estimate of drug-likeness (QED) is 0.337. The van der Waals surface area contributed by atoms with Gasteiger partial charge in [-0.1, -0.05) is 60.8 Å². The van der Waals surface area contributed by atoms with Crippen LogP contribution in [0.4, 0.5) is 0 Å². The average Bonchev–Trinajstić information content (AvgIpc) is 3.24. The van der Waals surface area contributed by atoms with Crippen molar-refractivity contribution in [3.63, 3.8) is 0 Å². The highest BCUT2D eigenvalue weighted by Gasteiger charge is 2.17. The van der Waals surface area contributed by atoms with Gasteiger partial charge in [-0.2, -0.15) is 5.26 Å². The lowest BCUT2D eigenvalue weighted by atomic mass is 10.2. The lowest BCUT2D eigenvalue weighted by Gasteiger charge is -2.04. The summed E-state index contributed by atoms with van der Waals surface area (Å²) in [6, 6.07) is 9.73. The van der Waals surface area contributed by atoms with Gasteiger partial charge >= 0.3 is 0 Å². The Labute approximate surface area is 170 Å². The number of rotatable bonds is 7. The van der Waals surface area contributed by atoms with Crippen molar-refractivity contribution in [3.8, 4) is 6.07 Å². The number of aliphatic hydroxyl groups excluding tert-OH is 1. The number of thioether (sulfide) groups is 2. The van der Waals surface area contributed by atoms with Gasteiger partial charge in [0.15, 0.2) is 14.5 Å². The number of aliphatic hydroxyl groups is 1. The minimum atomic E-state index is -0.00695. The molecular weight excluding hydrogens is 398 g/mol. The summed E-state index contributed by atoms with van der Waals surface area (Å²) >= 11 is 4.56. The van der Waals surface area contributed by atoms with Gasteiger partial charge < -0.3 is 9.67 Å². The first-order valence-corrected chi connectivity index (χ1v) is 11.1. The number of hydrogen-bond donors (Lipinski definition) is 1. The van der Waals surface area contributed by atoms with E-state index in [9.17, 15) is 10.4 Å². The lowest BCUT2D eigenvalue weighted by molar-refractivity contribution is 0.420. The molecule has 1 N–H and O–H groups in total. The molecule has 140 valence electrons. The monoisotopic (exact) mass is 417 g/mol. The Morgan fingerprint density at radius 1 is 1.26 bits per heavy atom. The van der Waals surface area contributed by atoms with Gasteiger partial charge in [0.1, 0.15) is 17.4 Å². The molecule has 0 radical (unpaired) electrons. The van der Waals surface area contributed by atoms with E-state index in [-0.39, 0.29) is 17.1 Å². The van der Waals surface area contributed by atoms with Crippen LogP contribution in [0.2, 0.25) is 0 Å². The SMILES string of the molecule is CC(C)CSc1nnc(SC/C(O)=C(\C#N)c2nc3ccccc3n2C)s1. The zero-order valence-electron chi connectivity index (χ0n) is 15.2. The number of nitrogens with zero attached hydrogens (tertiary/aromatic N) is 5. The second-order valence-corrected chi connectivity index (χ2v) is 9.71. The molecule has 1 aromatic carbocycles. The summed E-state index contributed by atoms with van der Waals surface area (Å²) in [6.07, 6.45) is 0. The van der Waals surface area contributed by atoms with Gasteiger partial charge in [-0.05, 0) is 18.1 Å². The van der Waals surface area contributed by atoms with E-state index in [0.717, 1.165) is 25.5 Å². The van der Waals surface area contributed by atoms with Crippen LogP contribution in [-0.2, 0) is 7.05 Å². The van der Waals surface area contributed by atoms with Crippen molar-refractivity contribution in [2.45, 2.75) is 22.5 Å². The van der Waals surface area contributed by atoms with Crippen LogP contribution < -0.4 is 0 Å². The van der Waals surface area contributed by atoms with E-state index >= 15 is 0 Å². The Bertz CT molecular complexity index is 1020. The first-order valence-electron chi connectivity index (χ1n) is 8.32. The maximum absolute atomic E-state index is 10.5. The summed E-state index contributed by atoms with van der Waals surface area (Å²) in [5.41, 5.74) is 1.89. The molecule has 0 unspecified atom stereocenters. The predicted molar refractivity (Wildman–Crippen MR) is 112 cm³/mol. The van der Waals surface area contributed by atoms with Gasteiger partial charge in [0.2, 0.25) is 0 Å². The third kappa shape index (κ3) is 4.64. The Morgan fingerprint density at radius 2 is 1.96 bits per heavy atom. The van der Waals surface area contributed by atoms with Crippen LogP contribution in [0.25, 0.3) is 16.6 Å². The summed E-state index contributed by atoms with van der Waals surface area (Å²) in [5, 5.41) is 28.4. The molecule has 0 saturated carbocycles. The van der Waals surface area contributed by atoms with Gasteiger partial charge in [0, 0.05) is 12.8 Å². The highest BCUT2D eigenvalue weighted by atomic mass is 32.2. The van der Waals surface area contributed by atoms with Gasteiger partial charge in [0.25, 0.3) is 0 Å². The largest absolute Gasteiger partial charge is 0.510 e. The molecule has 0 amide bonds. The van der Waals surface area contributed by atoms with E-state index in [2.05, 4.69) is 35.1 Å². The van der Waals surface area contributed by atoms with Gasteiger partial charge in [0.05, 0.1) is 16.8 Å². The molecule has 3 aromatic rings. The fourth-order valence-electron chi connectivity index (χ4n) is 2.37. The lowest BCUT2D eigenvalue weighted by Crippen LogP contribution is -2.00. The van der Waals surface area contributed by atoms with E-state index in [4.69, 9.17) is 0 Å². The molecule has 27 heavy (non-hydrogen) atoms. The van der Waals surface area contributed by atoms with Crippen LogP contribution in [0.15, 0.2) is 38.7 Å². The van der Waals surface area contributed by atoms with E-state index in [1.54, 1.807) is 11.8 Å². The van der Waals surface area contributed by atoms with Crippen molar-refractivity contribution in [2.75, 3.05) is 11.5 Å². The molecule has 0 spiro atoms. The highest BCUT2D eigenvalue weighted by Crippen LogP contribution is 2.31. The van der Waals surface area contributed by atoms with Crippen LogP contribution >= 0.6 is 34.9 Å². The molecule has 2 aromatic heterocycles. The molecule has 6 nitrogen and oxygen atoms in total. The van der Waals surface area contributed by atoms with Crippen LogP contribution in [0.1, 0.15) is 19.7 Å². The first kappa shape index (κ1) is 19.7. The maximum atomic E-state index is 10.5. The second-order valence-electron chi connectivity index (χ2n) is 6.24. The fourth-order valence-corrected chi connectivity index (χ4v) is 5.24. The van der Waals surface area contributed by atoms with Crippen LogP contribution in [0, 0.1) is 17.2 Å². The van der Waals surface area contributed by atoms with Crippen molar-refractivity contribution in [3.05, 3.63) is 35.8 Å². The predicted octanol–water partition coefficient (Wildman–Crippen LogP) is 4.76. The Hall–Kier alpha value is -2.02. The smallest absolute Gasteiger partial charge is 0.175 e. The number of allylic oxidation sites excluding steroid dienone is 1. The number of imidazole rings is 1. The van der Waals surface area contributed by atoms with Crippen molar-refractivity contribution >= 4 is 51.5 Å². The Morgan fingerprint density at radius 3 is 2.63 bits per heavy atom. The van der Waals surface area contributed by atoms with Crippen LogP contribution in [0.5, 0.6) is 0 Å². The zero-order chi connectivity index (χ0) is 19.4. The fraction of sp³-hybridized carbons (Fsp3) is 0.333. The minimum absolute atomic E-state index is 0.00695. The van der Waals surface area contributed by atoms with Gasteiger partial charge in [-0.3, -0.25) is 0 Å². The molecule has 3 rings (SSSR count). The third-order valence-corrected chi connectivity index (χ3v) is 7.30. The third-order valence-electron chi connectivity index (χ3n) is 3.67. The van der Waals surface area contributed by atoms with Gasteiger partial charge in [-0.25, -0.2) is 4.98 Å². The molecule has 0 aliphatic carbocycles. The molecule has 0 aliphatic heterocycles. The van der Waals surface area contributed by atoms with Crippen LogP contribution in [0.3, 0.4) is 0 Å². The minimum Gasteiger partial charge on any atom is -0.510 e. The number of benzene rings is 1. The standard InChI is InChI=1S/C18H19N5OS3/c1-11(2)9-25-17-21-22-18(27-17)26-10-15(24)12(8-19)16-20-13-6-4-5-7-14(13)23(16)3/h4-7,11,24H,9-10H2,1-3H3/b15-12-. The number of nitriles is 1. The van der Waals surface area contributed by atoms with E-state index in [1.807, 2.05) is 35.9 Å². The summed E-state index contributed by atoms with van der Waals surface area (Å²) in [5.74, 6) is 2.29. The number of para-hydroxylation sites is 2. The summed E-state index contributed by atoms with van der Waals surface area (Å²) in [6.45, 7) is 4.33. The Kier molecular flexibility index (Phi) is 6.42. The number of fused-ring (bicyclic) bond motifs is 1.